The quantitative estimate of drug-likeness (QED) is 0.580. The molecule has 0 fully saturated rings. The molecule has 23 heavy (non-hydrogen) atoms. The van der Waals surface area contributed by atoms with Crippen LogP contribution in [0.25, 0.3) is 0 Å². The van der Waals surface area contributed by atoms with Crippen molar-refractivity contribution in [2.45, 2.75) is 12.5 Å². The van der Waals surface area contributed by atoms with Crippen molar-refractivity contribution in [1.82, 2.24) is 5.32 Å². The smallest absolute Gasteiger partial charge is 0.339 e. The lowest BCUT2D eigenvalue weighted by atomic mass is 10.2. The molecule has 2 unspecified atom stereocenters. The fraction of sp³-hybridized carbons (Fsp3) is 0.357. The number of hydrogen-bond donors (Lipinski definition) is 3. The minimum absolute atomic E-state index is 0.0108. The lowest BCUT2D eigenvalue weighted by molar-refractivity contribution is -0.142. The summed E-state index contributed by atoms with van der Waals surface area (Å²) < 4.78 is 16.1. The Labute approximate surface area is 134 Å². The predicted molar refractivity (Wildman–Crippen MR) is 82.0 cm³/mol. The lowest BCUT2D eigenvalue weighted by Crippen LogP contribution is -2.43. The molecule has 1 amide bonds. The van der Waals surface area contributed by atoms with Crippen LogP contribution in [-0.4, -0.2) is 56.9 Å². The van der Waals surface area contributed by atoms with Gasteiger partial charge in [-0.1, -0.05) is 12.1 Å². The lowest BCUT2D eigenvalue weighted by Gasteiger charge is -2.14. The van der Waals surface area contributed by atoms with Gasteiger partial charge in [-0.25, -0.2) is 9.59 Å². The summed E-state index contributed by atoms with van der Waals surface area (Å²) in [6.45, 7) is -0.525. The molecule has 1 aromatic carbocycles. The molecule has 0 aromatic heterocycles. The highest BCUT2D eigenvalue weighted by Gasteiger charge is 2.20. The predicted octanol–water partition coefficient (Wildman–Crippen LogP) is 0.102. The van der Waals surface area contributed by atoms with Gasteiger partial charge in [-0.2, -0.15) is 0 Å². The normalized spacial score (nSPS) is 12.9. The Morgan fingerprint density at radius 2 is 1.91 bits per heavy atom. The minimum Gasteiger partial charge on any atom is -0.483 e. The van der Waals surface area contributed by atoms with E-state index in [-0.39, 0.29) is 23.5 Å². The molecular formula is C14H17NO7S. The molecule has 126 valence electrons. The van der Waals surface area contributed by atoms with Crippen LogP contribution in [0, 0.1) is 0 Å². The van der Waals surface area contributed by atoms with Gasteiger partial charge in [0.2, 0.25) is 0 Å². The molecule has 1 aromatic rings. The molecule has 0 radical (unpaired) electrons. The number of para-hydroxylation sites is 1. The van der Waals surface area contributed by atoms with E-state index in [0.29, 0.717) is 0 Å². The fourth-order valence-corrected chi connectivity index (χ4v) is 2.26. The van der Waals surface area contributed by atoms with E-state index in [1.54, 1.807) is 6.07 Å². The molecule has 0 heterocycles. The summed E-state index contributed by atoms with van der Waals surface area (Å²) in [7, 11) is -1.17. The molecular weight excluding hydrogens is 326 g/mol. The summed E-state index contributed by atoms with van der Waals surface area (Å²) in [5.41, 5.74) is -0.100. The van der Waals surface area contributed by atoms with Crippen LogP contribution in [0.2, 0.25) is 0 Å². The van der Waals surface area contributed by atoms with E-state index in [1.807, 2.05) is 0 Å². The molecule has 0 aliphatic rings. The van der Waals surface area contributed by atoms with Crippen molar-refractivity contribution in [1.29, 1.82) is 0 Å². The van der Waals surface area contributed by atoms with E-state index in [1.165, 1.54) is 24.5 Å². The molecule has 1 rings (SSSR count). The Morgan fingerprint density at radius 1 is 1.26 bits per heavy atom. The zero-order valence-electron chi connectivity index (χ0n) is 12.4. The molecule has 9 heteroatoms. The van der Waals surface area contributed by atoms with Crippen molar-refractivity contribution >= 4 is 28.6 Å². The summed E-state index contributed by atoms with van der Waals surface area (Å²) in [5.74, 6) is -3.00. The average Bonchev–Trinajstić information content (AvgIpc) is 2.49. The molecule has 3 N–H and O–H groups in total. The maximum Gasteiger partial charge on any atom is 0.339 e. The second-order valence-corrected chi connectivity index (χ2v) is 6.17. The van der Waals surface area contributed by atoms with Gasteiger partial charge in [0.25, 0.3) is 5.91 Å². The van der Waals surface area contributed by atoms with Crippen LogP contribution in [-0.2, 0) is 20.4 Å². The molecule has 2 atom stereocenters. The van der Waals surface area contributed by atoms with Crippen molar-refractivity contribution in [2.24, 2.45) is 0 Å². The van der Waals surface area contributed by atoms with E-state index < -0.39 is 41.3 Å². The molecule has 0 saturated carbocycles. The Morgan fingerprint density at radius 3 is 2.48 bits per heavy atom. The largest absolute Gasteiger partial charge is 0.483 e. The van der Waals surface area contributed by atoms with Crippen molar-refractivity contribution in [3.8, 4) is 5.75 Å². The second-order valence-electron chi connectivity index (χ2n) is 4.61. The number of carboxylic acid groups (broad SMARTS) is 2. The van der Waals surface area contributed by atoms with Crippen LogP contribution in [0.4, 0.5) is 0 Å². The molecule has 0 aliphatic heterocycles. The van der Waals surface area contributed by atoms with E-state index in [0.717, 1.165) is 0 Å². The number of carboxylic acids is 2. The van der Waals surface area contributed by atoms with Gasteiger partial charge in [0.15, 0.2) is 6.61 Å². The number of aromatic carboxylic acids is 1. The van der Waals surface area contributed by atoms with Gasteiger partial charge in [-0.05, 0) is 18.6 Å². The SMILES string of the molecule is CS(=O)CCC(NC(=O)COc1ccccc1C(=O)O)C(=O)O. The molecule has 0 aliphatic carbocycles. The van der Waals surface area contributed by atoms with Gasteiger partial charge in [0.05, 0.1) is 0 Å². The first-order chi connectivity index (χ1) is 10.8. The highest BCUT2D eigenvalue weighted by molar-refractivity contribution is 7.84. The number of rotatable bonds is 9. The average molecular weight is 343 g/mol. The number of ether oxygens (including phenoxy) is 1. The molecule has 0 spiro atoms. The van der Waals surface area contributed by atoms with Crippen LogP contribution in [0.5, 0.6) is 5.75 Å². The maximum atomic E-state index is 11.7. The number of nitrogens with one attached hydrogen (secondary N) is 1. The van der Waals surface area contributed by atoms with E-state index in [9.17, 15) is 18.6 Å². The first-order valence-corrected chi connectivity index (χ1v) is 8.31. The van der Waals surface area contributed by atoms with Gasteiger partial charge in [-0.15, -0.1) is 0 Å². The molecule has 0 saturated heterocycles. The van der Waals surface area contributed by atoms with Crippen molar-refractivity contribution in [3.63, 3.8) is 0 Å². The minimum atomic E-state index is -1.24. The van der Waals surface area contributed by atoms with Crippen LogP contribution < -0.4 is 10.1 Å². The second kappa shape index (κ2) is 8.89. The van der Waals surface area contributed by atoms with Crippen molar-refractivity contribution in [3.05, 3.63) is 29.8 Å². The Bertz CT molecular complexity index is 617. The standard InChI is InChI=1S/C14H17NO7S/c1-23(21)7-6-10(14(19)20)15-12(16)8-22-11-5-3-2-4-9(11)13(17)18/h2-5,10H,6-8H2,1H3,(H,15,16)(H,17,18)(H,19,20). The highest BCUT2D eigenvalue weighted by atomic mass is 32.2. The number of carbonyl (C=O) groups is 3. The number of hydrogen-bond acceptors (Lipinski definition) is 5. The van der Waals surface area contributed by atoms with Crippen molar-refractivity contribution < 1.29 is 33.5 Å². The summed E-state index contributed by atoms with van der Waals surface area (Å²) in [6, 6.07) is 4.61. The van der Waals surface area contributed by atoms with Crippen LogP contribution >= 0.6 is 0 Å². The van der Waals surface area contributed by atoms with Crippen LogP contribution in [0.1, 0.15) is 16.8 Å². The topological polar surface area (TPSA) is 130 Å². The summed E-state index contributed by atoms with van der Waals surface area (Å²) >= 11 is 0. The fourth-order valence-electron chi connectivity index (χ4n) is 1.69. The summed E-state index contributed by atoms with van der Waals surface area (Å²) in [5, 5.41) is 20.2. The maximum absolute atomic E-state index is 11.7. The molecule has 8 nitrogen and oxygen atoms in total. The summed E-state index contributed by atoms with van der Waals surface area (Å²) in [6.07, 6.45) is 1.46. The number of carbonyl (C=O) groups excluding carboxylic acids is 1. The van der Waals surface area contributed by atoms with Gasteiger partial charge in [0, 0.05) is 22.8 Å². The van der Waals surface area contributed by atoms with E-state index in [4.69, 9.17) is 14.9 Å². The first-order valence-electron chi connectivity index (χ1n) is 6.58. The third-order valence-electron chi connectivity index (χ3n) is 2.80. The van der Waals surface area contributed by atoms with Gasteiger partial charge in [-0.3, -0.25) is 9.00 Å². The van der Waals surface area contributed by atoms with Crippen LogP contribution in [0.15, 0.2) is 24.3 Å². The van der Waals surface area contributed by atoms with E-state index >= 15 is 0 Å². The number of benzene rings is 1. The van der Waals surface area contributed by atoms with Crippen LogP contribution in [0.3, 0.4) is 0 Å². The Hall–Kier alpha value is -2.42. The van der Waals surface area contributed by atoms with Gasteiger partial charge in [0.1, 0.15) is 17.4 Å². The Balaban J connectivity index is 2.60. The number of amides is 1. The van der Waals surface area contributed by atoms with E-state index in [2.05, 4.69) is 5.32 Å². The Kier molecular flexibility index (Phi) is 7.20. The highest BCUT2D eigenvalue weighted by Crippen LogP contribution is 2.17. The summed E-state index contributed by atoms with van der Waals surface area (Å²) in [4.78, 5) is 33.8. The third kappa shape index (κ3) is 6.47. The van der Waals surface area contributed by atoms with Gasteiger partial charge >= 0.3 is 11.9 Å². The number of aliphatic carboxylic acids is 1. The van der Waals surface area contributed by atoms with Crippen molar-refractivity contribution in [2.75, 3.05) is 18.6 Å². The first kappa shape index (κ1) is 18.6. The third-order valence-corrected chi connectivity index (χ3v) is 3.61. The molecule has 0 bridgehead atoms. The monoisotopic (exact) mass is 343 g/mol. The zero-order valence-corrected chi connectivity index (χ0v) is 13.2. The zero-order chi connectivity index (χ0) is 17.4. The van der Waals surface area contributed by atoms with Gasteiger partial charge < -0.3 is 20.3 Å².